The molecule has 0 amide bonds. The largest absolute Gasteiger partial charge is 0.497 e. The molecule has 2 heterocycles. The van der Waals surface area contributed by atoms with Gasteiger partial charge < -0.3 is 14.8 Å². The summed E-state index contributed by atoms with van der Waals surface area (Å²) in [7, 11) is 1.68. The lowest BCUT2D eigenvalue weighted by Gasteiger charge is -2.21. The molecular weight excluding hydrogens is 296 g/mol. The van der Waals surface area contributed by atoms with Crippen LogP contribution in [0.1, 0.15) is 11.0 Å². The van der Waals surface area contributed by atoms with Crippen molar-refractivity contribution in [1.29, 1.82) is 0 Å². The van der Waals surface area contributed by atoms with E-state index in [2.05, 4.69) is 10.7 Å². The van der Waals surface area contributed by atoms with E-state index in [4.69, 9.17) is 14.5 Å². The van der Waals surface area contributed by atoms with Gasteiger partial charge in [0.05, 0.1) is 32.1 Å². The molecule has 20 heavy (non-hydrogen) atoms. The second-order valence-electron chi connectivity index (χ2n) is 4.38. The van der Waals surface area contributed by atoms with Gasteiger partial charge in [0, 0.05) is 17.5 Å². The highest BCUT2D eigenvalue weighted by atomic mass is 35.5. The van der Waals surface area contributed by atoms with Crippen LogP contribution in [0, 0.1) is 0 Å². The Kier molecular flexibility index (Phi) is 5.37. The van der Waals surface area contributed by atoms with E-state index < -0.39 is 0 Å². The summed E-state index contributed by atoms with van der Waals surface area (Å²) < 4.78 is 10.7. The molecule has 1 unspecified atom stereocenters. The third-order valence-electron chi connectivity index (χ3n) is 3.11. The van der Waals surface area contributed by atoms with Gasteiger partial charge in [-0.15, -0.1) is 23.7 Å². The lowest BCUT2D eigenvalue weighted by molar-refractivity contribution is 0.0768. The molecule has 3 rings (SSSR count). The zero-order chi connectivity index (χ0) is 13.1. The van der Waals surface area contributed by atoms with Crippen molar-refractivity contribution in [2.75, 3.05) is 26.9 Å². The number of rotatable bonds is 3. The first-order valence-corrected chi connectivity index (χ1v) is 7.16. The van der Waals surface area contributed by atoms with Crippen molar-refractivity contribution in [3.05, 3.63) is 34.7 Å². The quantitative estimate of drug-likeness (QED) is 0.946. The topological polar surface area (TPSA) is 43.4 Å². The molecule has 4 nitrogen and oxygen atoms in total. The maximum absolute atomic E-state index is 5.47. The van der Waals surface area contributed by atoms with Gasteiger partial charge in [-0.3, -0.25) is 0 Å². The van der Waals surface area contributed by atoms with Crippen LogP contribution in [0.2, 0.25) is 0 Å². The van der Waals surface area contributed by atoms with Gasteiger partial charge >= 0.3 is 0 Å². The number of benzene rings is 1. The van der Waals surface area contributed by atoms with Crippen LogP contribution in [0.15, 0.2) is 29.6 Å². The molecule has 1 aromatic heterocycles. The van der Waals surface area contributed by atoms with Crippen LogP contribution in [-0.4, -0.2) is 31.9 Å². The molecule has 1 aliphatic heterocycles. The van der Waals surface area contributed by atoms with Crippen molar-refractivity contribution < 1.29 is 9.47 Å². The van der Waals surface area contributed by atoms with Gasteiger partial charge in [-0.05, 0) is 12.1 Å². The number of hydrogen-bond acceptors (Lipinski definition) is 5. The van der Waals surface area contributed by atoms with E-state index in [1.807, 2.05) is 24.3 Å². The molecule has 0 spiro atoms. The predicted octanol–water partition coefficient (Wildman–Crippen LogP) is 2.90. The smallest absolute Gasteiger partial charge is 0.119 e. The maximum atomic E-state index is 5.47. The highest BCUT2D eigenvalue weighted by molar-refractivity contribution is 7.10. The average Bonchev–Trinajstić information content (AvgIpc) is 2.98. The monoisotopic (exact) mass is 312 g/mol. The van der Waals surface area contributed by atoms with Crippen molar-refractivity contribution in [1.82, 2.24) is 10.3 Å². The van der Waals surface area contributed by atoms with Crippen LogP contribution < -0.4 is 10.1 Å². The summed E-state index contributed by atoms with van der Waals surface area (Å²) in [5.41, 5.74) is 2.07. The third kappa shape index (κ3) is 3.30. The van der Waals surface area contributed by atoms with Gasteiger partial charge in [-0.1, -0.05) is 12.1 Å². The summed E-state index contributed by atoms with van der Waals surface area (Å²) in [4.78, 5) is 4.70. The lowest BCUT2D eigenvalue weighted by Crippen LogP contribution is -2.34. The Morgan fingerprint density at radius 1 is 1.45 bits per heavy atom. The van der Waals surface area contributed by atoms with E-state index in [0.717, 1.165) is 35.2 Å². The number of halogens is 1. The van der Waals surface area contributed by atoms with Crippen molar-refractivity contribution in [3.63, 3.8) is 0 Å². The molecule has 1 fully saturated rings. The van der Waals surface area contributed by atoms with Crippen molar-refractivity contribution in [2.45, 2.75) is 6.04 Å². The number of nitrogens with zero attached hydrogens (tertiary/aromatic N) is 1. The first-order valence-electron chi connectivity index (χ1n) is 6.28. The summed E-state index contributed by atoms with van der Waals surface area (Å²) >= 11 is 1.67. The summed E-state index contributed by atoms with van der Waals surface area (Å²) in [6.45, 7) is 2.37. The number of aromatic nitrogens is 1. The highest BCUT2D eigenvalue weighted by Gasteiger charge is 2.18. The Labute approximate surface area is 128 Å². The van der Waals surface area contributed by atoms with E-state index >= 15 is 0 Å². The van der Waals surface area contributed by atoms with E-state index in [1.165, 1.54) is 0 Å². The van der Waals surface area contributed by atoms with Gasteiger partial charge in [0.25, 0.3) is 0 Å². The van der Waals surface area contributed by atoms with E-state index in [9.17, 15) is 0 Å². The first kappa shape index (κ1) is 15.3. The molecule has 0 aliphatic carbocycles. The zero-order valence-electron chi connectivity index (χ0n) is 11.2. The molecular formula is C14H17ClN2O2S. The number of nitrogens with one attached hydrogen (secondary N) is 1. The molecule has 2 aromatic rings. The number of morpholine rings is 1. The molecule has 0 radical (unpaired) electrons. The fourth-order valence-corrected chi connectivity index (χ4v) is 2.97. The SMILES string of the molecule is COc1cccc(-c2csc(C3COCCN3)n2)c1.Cl. The second-order valence-corrected chi connectivity index (χ2v) is 5.27. The minimum Gasteiger partial charge on any atom is -0.497 e. The normalized spacial score (nSPS) is 18.4. The number of methoxy groups -OCH3 is 1. The van der Waals surface area contributed by atoms with Crippen molar-refractivity contribution in [3.8, 4) is 17.0 Å². The molecule has 108 valence electrons. The van der Waals surface area contributed by atoms with Gasteiger partial charge in [-0.2, -0.15) is 0 Å². The van der Waals surface area contributed by atoms with Crippen LogP contribution >= 0.6 is 23.7 Å². The van der Waals surface area contributed by atoms with Gasteiger partial charge in [0.2, 0.25) is 0 Å². The summed E-state index contributed by atoms with van der Waals surface area (Å²) in [6.07, 6.45) is 0. The Morgan fingerprint density at radius 3 is 3.10 bits per heavy atom. The number of thiazole rings is 1. The Balaban J connectivity index is 0.00000147. The van der Waals surface area contributed by atoms with Crippen molar-refractivity contribution >= 4 is 23.7 Å². The first-order chi connectivity index (χ1) is 9.36. The molecule has 1 N–H and O–H groups in total. The molecule has 6 heteroatoms. The number of ether oxygens (including phenoxy) is 2. The molecule has 1 atom stereocenters. The maximum Gasteiger partial charge on any atom is 0.119 e. The summed E-state index contributed by atoms with van der Waals surface area (Å²) in [5.74, 6) is 0.853. The van der Waals surface area contributed by atoms with Gasteiger partial charge in [0.1, 0.15) is 10.8 Å². The Morgan fingerprint density at radius 2 is 2.35 bits per heavy atom. The minimum absolute atomic E-state index is 0. The Bertz CT molecular complexity index is 556. The second kappa shape index (κ2) is 7.04. The van der Waals surface area contributed by atoms with Gasteiger partial charge in [-0.25, -0.2) is 4.98 Å². The van der Waals surface area contributed by atoms with Crippen LogP contribution in [-0.2, 0) is 4.74 Å². The lowest BCUT2D eigenvalue weighted by atomic mass is 10.1. The van der Waals surface area contributed by atoms with E-state index in [1.54, 1.807) is 18.4 Å². The van der Waals surface area contributed by atoms with E-state index in [0.29, 0.717) is 6.61 Å². The molecule has 0 saturated carbocycles. The number of hydrogen-bond donors (Lipinski definition) is 1. The molecule has 1 aliphatic rings. The highest BCUT2D eigenvalue weighted by Crippen LogP contribution is 2.28. The Hall–Kier alpha value is -1.14. The fraction of sp³-hybridized carbons (Fsp3) is 0.357. The average molecular weight is 313 g/mol. The minimum atomic E-state index is 0. The standard InChI is InChI=1S/C14H16N2O2S.ClH/c1-17-11-4-2-3-10(7-11)13-9-19-14(16-13)12-8-18-6-5-15-12;/h2-4,7,9,12,15H,5-6,8H2,1H3;1H. The van der Waals surface area contributed by atoms with Crippen LogP contribution in [0.4, 0.5) is 0 Å². The summed E-state index contributed by atoms with van der Waals surface area (Å²) in [5, 5.41) is 6.59. The molecule has 1 saturated heterocycles. The molecule has 0 bridgehead atoms. The predicted molar refractivity (Wildman–Crippen MR) is 82.9 cm³/mol. The van der Waals surface area contributed by atoms with Gasteiger partial charge in [0.15, 0.2) is 0 Å². The third-order valence-corrected chi connectivity index (χ3v) is 4.07. The zero-order valence-corrected chi connectivity index (χ0v) is 12.8. The van der Waals surface area contributed by atoms with Crippen LogP contribution in [0.5, 0.6) is 5.75 Å². The fourth-order valence-electron chi connectivity index (χ4n) is 2.09. The van der Waals surface area contributed by atoms with Crippen LogP contribution in [0.25, 0.3) is 11.3 Å². The van der Waals surface area contributed by atoms with Crippen molar-refractivity contribution in [2.24, 2.45) is 0 Å². The van der Waals surface area contributed by atoms with E-state index in [-0.39, 0.29) is 18.4 Å². The summed E-state index contributed by atoms with van der Waals surface area (Å²) in [6, 6.07) is 8.19. The van der Waals surface area contributed by atoms with Crippen LogP contribution in [0.3, 0.4) is 0 Å². The molecule has 1 aromatic carbocycles.